The number of ether oxygens (including phenoxy) is 2. The Morgan fingerprint density at radius 3 is 1.98 bits per heavy atom. The molecule has 0 radical (unpaired) electrons. The fourth-order valence-electron chi connectivity index (χ4n) is 6.84. The lowest BCUT2D eigenvalue weighted by molar-refractivity contribution is -0.276. The third-order valence-electron chi connectivity index (χ3n) is 9.57. The van der Waals surface area contributed by atoms with Crippen molar-refractivity contribution in [3.8, 4) is 11.1 Å². The predicted molar refractivity (Wildman–Crippen MR) is 188 cm³/mol. The van der Waals surface area contributed by atoms with Gasteiger partial charge in [0.2, 0.25) is 0 Å². The van der Waals surface area contributed by atoms with E-state index in [1.165, 1.54) is 10.5 Å². The van der Waals surface area contributed by atoms with Crippen molar-refractivity contribution in [2.24, 2.45) is 5.92 Å². The molecule has 2 heterocycles. The fourth-order valence-corrected chi connectivity index (χ4v) is 6.84. The number of carbonyl (C=O) groups excluding carboxylic acids is 2. The van der Waals surface area contributed by atoms with Gasteiger partial charge in [-0.2, -0.15) is 0 Å². The maximum absolute atomic E-state index is 12.9. The molecule has 0 aliphatic carbocycles. The summed E-state index contributed by atoms with van der Waals surface area (Å²) in [5.74, 6) is -0.438. The number of rotatable bonds is 10. The van der Waals surface area contributed by atoms with Crippen molar-refractivity contribution in [2.75, 3.05) is 13.6 Å². The Hall–Kier alpha value is -4.92. The summed E-state index contributed by atoms with van der Waals surface area (Å²) in [6.45, 7) is 3.94. The Balaban J connectivity index is 1.09. The summed E-state index contributed by atoms with van der Waals surface area (Å²) in [5.41, 5.74) is 7.87. The quantitative estimate of drug-likeness (QED) is 0.157. The van der Waals surface area contributed by atoms with E-state index in [0.29, 0.717) is 11.1 Å². The lowest BCUT2D eigenvalue weighted by Gasteiger charge is -2.42. The van der Waals surface area contributed by atoms with E-state index in [4.69, 9.17) is 9.47 Å². The molecule has 0 aromatic heterocycles. The minimum atomic E-state index is -0.567. The van der Waals surface area contributed by atoms with Crippen molar-refractivity contribution < 1.29 is 24.2 Å². The van der Waals surface area contributed by atoms with Crippen molar-refractivity contribution >= 4 is 11.8 Å². The van der Waals surface area contributed by atoms with Crippen LogP contribution in [0.2, 0.25) is 0 Å². The molecule has 5 aromatic carbocycles. The minimum Gasteiger partial charge on any atom is -0.392 e. The summed E-state index contributed by atoms with van der Waals surface area (Å²) >= 11 is 0. The van der Waals surface area contributed by atoms with Gasteiger partial charge in [-0.1, -0.05) is 116 Å². The summed E-state index contributed by atoms with van der Waals surface area (Å²) in [5, 5.41) is 9.60. The molecule has 0 spiro atoms. The van der Waals surface area contributed by atoms with E-state index in [9.17, 15) is 14.7 Å². The Labute approximate surface area is 287 Å². The van der Waals surface area contributed by atoms with Crippen molar-refractivity contribution in [1.82, 2.24) is 9.80 Å². The highest BCUT2D eigenvalue weighted by molar-refractivity contribution is 6.21. The van der Waals surface area contributed by atoms with Crippen LogP contribution in [0.5, 0.6) is 0 Å². The first-order chi connectivity index (χ1) is 23.9. The van der Waals surface area contributed by atoms with Gasteiger partial charge in [0.25, 0.3) is 11.8 Å². The Kier molecular flexibility index (Phi) is 9.51. The van der Waals surface area contributed by atoms with Crippen LogP contribution < -0.4 is 0 Å². The third-order valence-corrected chi connectivity index (χ3v) is 9.57. The molecule has 2 aliphatic rings. The van der Waals surface area contributed by atoms with Crippen LogP contribution in [0.15, 0.2) is 127 Å². The molecule has 1 saturated heterocycles. The second kappa shape index (κ2) is 14.3. The van der Waals surface area contributed by atoms with E-state index in [2.05, 4.69) is 55.3 Å². The first kappa shape index (κ1) is 32.6. The van der Waals surface area contributed by atoms with E-state index in [-0.39, 0.29) is 43.1 Å². The van der Waals surface area contributed by atoms with Crippen molar-refractivity contribution in [2.45, 2.75) is 45.1 Å². The number of imide groups is 1. The lowest BCUT2D eigenvalue weighted by atomic mass is 9.90. The highest BCUT2D eigenvalue weighted by Crippen LogP contribution is 2.42. The maximum atomic E-state index is 12.9. The predicted octanol–water partition coefficient (Wildman–Crippen LogP) is 7.57. The molecular weight excluding hydrogens is 612 g/mol. The number of aliphatic hydroxyl groups excluding tert-OH is 1. The van der Waals surface area contributed by atoms with E-state index in [1.54, 1.807) is 24.3 Å². The molecule has 0 bridgehead atoms. The summed E-state index contributed by atoms with van der Waals surface area (Å²) in [7, 11) is 2.12. The van der Waals surface area contributed by atoms with Gasteiger partial charge in [0, 0.05) is 24.6 Å². The van der Waals surface area contributed by atoms with Crippen LogP contribution >= 0.6 is 0 Å². The number of likely N-dealkylation sites (N-methyl/N-ethyl adjacent to an activating group) is 1. The number of aliphatic hydroxyl groups is 1. The van der Waals surface area contributed by atoms with Crippen molar-refractivity contribution in [3.63, 3.8) is 0 Å². The first-order valence-electron chi connectivity index (χ1n) is 16.8. The maximum Gasteiger partial charge on any atom is 0.261 e. The van der Waals surface area contributed by atoms with E-state index in [0.717, 1.165) is 46.5 Å². The second-order valence-electron chi connectivity index (χ2n) is 13.1. The van der Waals surface area contributed by atoms with Crippen molar-refractivity contribution in [3.05, 3.63) is 166 Å². The number of carbonyl (C=O) groups is 2. The molecule has 49 heavy (non-hydrogen) atoms. The molecule has 2 aliphatic heterocycles. The van der Waals surface area contributed by atoms with Gasteiger partial charge in [-0.3, -0.25) is 19.4 Å². The summed E-state index contributed by atoms with van der Waals surface area (Å²) in [4.78, 5) is 29.5. The van der Waals surface area contributed by atoms with Crippen molar-refractivity contribution in [1.29, 1.82) is 0 Å². The van der Waals surface area contributed by atoms with Gasteiger partial charge in [-0.15, -0.1) is 0 Å². The third kappa shape index (κ3) is 6.98. The number of amides is 2. The summed E-state index contributed by atoms with van der Waals surface area (Å²) < 4.78 is 13.4. The zero-order chi connectivity index (χ0) is 33.9. The van der Waals surface area contributed by atoms with Crippen LogP contribution in [0.4, 0.5) is 0 Å². The van der Waals surface area contributed by atoms with Crippen LogP contribution in [0.25, 0.3) is 11.1 Å². The zero-order valence-corrected chi connectivity index (χ0v) is 27.7. The molecule has 5 aromatic rings. The van der Waals surface area contributed by atoms with Crippen LogP contribution in [-0.4, -0.2) is 46.4 Å². The topological polar surface area (TPSA) is 79.3 Å². The molecule has 0 unspecified atom stereocenters. The van der Waals surface area contributed by atoms with Crippen LogP contribution in [0.3, 0.4) is 0 Å². The van der Waals surface area contributed by atoms with Gasteiger partial charge in [-0.05, 0) is 58.6 Å². The summed E-state index contributed by atoms with van der Waals surface area (Å²) in [6.07, 6.45) is -0.850. The number of fused-ring (bicyclic) bond motifs is 1. The molecule has 1 fully saturated rings. The second-order valence-corrected chi connectivity index (χ2v) is 13.1. The van der Waals surface area contributed by atoms with E-state index in [1.807, 2.05) is 66.7 Å². The lowest BCUT2D eigenvalue weighted by Crippen LogP contribution is -2.43. The largest absolute Gasteiger partial charge is 0.392 e. The average Bonchev–Trinajstić information content (AvgIpc) is 3.38. The number of nitrogens with zero attached hydrogens (tertiary/aromatic N) is 2. The summed E-state index contributed by atoms with van der Waals surface area (Å²) in [6, 6.07) is 41.5. The van der Waals surface area contributed by atoms with Gasteiger partial charge in [-0.25, -0.2) is 0 Å². The SMILES string of the molecule is C[C@H]1[C@@H](CN(C)Cc2ccccc2)O[C@@H](c2ccc(-c3cccc(CN4C(=O)c5ccccc5C4=O)c3)cc2)O[C@H]1c1ccc(CO)cc1. The van der Waals surface area contributed by atoms with Gasteiger partial charge < -0.3 is 14.6 Å². The highest BCUT2D eigenvalue weighted by atomic mass is 16.7. The van der Waals surface area contributed by atoms with Crippen LogP contribution in [0.1, 0.15) is 67.9 Å². The Bertz CT molecular complexity index is 1890. The Morgan fingerprint density at radius 2 is 1.31 bits per heavy atom. The Morgan fingerprint density at radius 1 is 0.673 bits per heavy atom. The van der Waals surface area contributed by atoms with E-state index >= 15 is 0 Å². The van der Waals surface area contributed by atoms with Gasteiger partial charge in [0.15, 0.2) is 6.29 Å². The molecule has 7 nitrogen and oxygen atoms in total. The van der Waals surface area contributed by atoms with Gasteiger partial charge >= 0.3 is 0 Å². The van der Waals surface area contributed by atoms with E-state index < -0.39 is 6.29 Å². The molecule has 1 N–H and O–H groups in total. The fraction of sp³-hybridized carbons (Fsp3) is 0.238. The number of hydrogen-bond acceptors (Lipinski definition) is 6. The smallest absolute Gasteiger partial charge is 0.261 e. The molecular formula is C42H40N2O5. The molecule has 4 atom stereocenters. The molecule has 248 valence electrons. The molecule has 7 heteroatoms. The monoisotopic (exact) mass is 652 g/mol. The van der Waals surface area contributed by atoms with Gasteiger partial charge in [0.1, 0.15) is 0 Å². The first-order valence-corrected chi connectivity index (χ1v) is 16.8. The molecule has 7 rings (SSSR count). The standard InChI is InChI=1S/C42H40N2O5/c1-28-38(26-43(2)24-29-9-4-3-5-10-29)48-42(49-39(28)33-17-15-30(27-45)16-18-33)34-21-19-32(20-22-34)35-12-8-11-31(23-35)25-44-40(46)36-13-6-7-14-37(36)41(44)47/h3-23,28,38-39,42,45H,24-27H2,1-2H3/t28-,38+,39+,42+/m0/s1. The number of hydrogen-bond donors (Lipinski definition) is 1. The molecule has 0 saturated carbocycles. The van der Waals surface area contributed by atoms with Crippen LogP contribution in [-0.2, 0) is 29.2 Å². The minimum absolute atomic E-state index is 0.00196. The highest BCUT2D eigenvalue weighted by Gasteiger charge is 2.39. The number of benzene rings is 5. The normalized spacial score (nSPS) is 20.5. The average molecular weight is 653 g/mol. The zero-order valence-electron chi connectivity index (χ0n) is 27.7. The van der Waals surface area contributed by atoms with Crippen LogP contribution in [0, 0.1) is 5.92 Å². The van der Waals surface area contributed by atoms with Gasteiger partial charge in [0.05, 0.1) is 36.5 Å². The molecule has 2 amide bonds.